The van der Waals surface area contributed by atoms with Crippen LogP contribution < -0.4 is 5.59 Å². The number of morpholine rings is 1. The van der Waals surface area contributed by atoms with Crippen molar-refractivity contribution in [2.45, 2.75) is 0 Å². The minimum Gasteiger partial charge on any atom is -0.379 e. The number of hydrazine groups is 2. The molecule has 0 aromatic rings. The van der Waals surface area contributed by atoms with Gasteiger partial charge in [-0.25, -0.2) is 0 Å². The summed E-state index contributed by atoms with van der Waals surface area (Å²) < 4.78 is 5.19. The molecule has 0 spiro atoms. The summed E-state index contributed by atoms with van der Waals surface area (Å²) >= 11 is 0. The Balaban J connectivity index is 1.93. The average Bonchev–Trinajstić information content (AvgIpc) is 2.53. The van der Waals surface area contributed by atoms with E-state index in [0.29, 0.717) is 25.7 Å². The first-order valence-electron chi connectivity index (χ1n) is 3.95. The van der Waals surface area contributed by atoms with Gasteiger partial charge in [-0.3, -0.25) is 10.2 Å². The van der Waals surface area contributed by atoms with Crippen LogP contribution in [0.1, 0.15) is 0 Å². The Bertz CT molecular complexity index is 180. The summed E-state index contributed by atoms with van der Waals surface area (Å²) in [5.41, 5.74) is 2.66. The summed E-state index contributed by atoms with van der Waals surface area (Å²) in [5, 5.41) is 11.1. The quantitative estimate of drug-likeness (QED) is 0.529. The van der Waals surface area contributed by atoms with Crippen LogP contribution in [0.3, 0.4) is 0 Å². The monoisotopic (exact) mass is 172 g/mol. The van der Waals surface area contributed by atoms with Crippen LogP contribution in [0.2, 0.25) is 0 Å². The lowest BCUT2D eigenvalue weighted by Crippen LogP contribution is -2.53. The van der Waals surface area contributed by atoms with Gasteiger partial charge in [0, 0.05) is 13.1 Å². The summed E-state index contributed by atoms with van der Waals surface area (Å²) in [5.74, 6) is 0.442. The van der Waals surface area contributed by atoms with Crippen LogP contribution in [0.25, 0.3) is 0 Å². The van der Waals surface area contributed by atoms with E-state index in [9.17, 15) is 0 Å². The zero-order valence-corrected chi connectivity index (χ0v) is 6.75. The lowest BCUT2D eigenvalue weighted by atomic mass is 10.5. The normalized spacial score (nSPS) is 26.7. The number of hydrogen-bond donors (Lipinski definition) is 2. The second kappa shape index (κ2) is 3.36. The third-order valence-electron chi connectivity index (χ3n) is 1.89. The Hall–Kier alpha value is -0.690. The Labute approximate surface area is 70.4 Å². The molecule has 0 aromatic carbocycles. The molecule has 2 rings (SSSR count). The number of rotatable bonds is 1. The molecule has 0 radical (unpaired) electrons. The molecule has 0 saturated carbocycles. The average molecular weight is 172 g/mol. The van der Waals surface area contributed by atoms with Crippen LogP contribution in [-0.2, 0) is 9.57 Å². The minimum absolute atomic E-state index is 0.331. The van der Waals surface area contributed by atoms with E-state index in [2.05, 4.69) is 5.59 Å². The number of hydrogen-bond acceptors (Lipinski definition) is 5. The van der Waals surface area contributed by atoms with Crippen molar-refractivity contribution in [1.82, 2.24) is 15.7 Å². The largest absolute Gasteiger partial charge is 0.379 e. The predicted molar refractivity (Wildman–Crippen MR) is 41.0 cm³/mol. The van der Waals surface area contributed by atoms with Crippen molar-refractivity contribution >= 4 is 5.84 Å². The van der Waals surface area contributed by atoms with Gasteiger partial charge in [0.05, 0.1) is 13.2 Å². The second-order valence-corrected chi connectivity index (χ2v) is 2.70. The fourth-order valence-corrected chi connectivity index (χ4v) is 1.26. The fourth-order valence-electron chi connectivity index (χ4n) is 1.26. The standard InChI is InChI=1S/C6H12N4O2/c7-6-5-12-8-10(6)9-1-3-11-4-2-9/h7-8H,1-5H2. The van der Waals surface area contributed by atoms with Crippen LogP contribution in [0.5, 0.6) is 0 Å². The molecule has 2 aliphatic rings. The van der Waals surface area contributed by atoms with Crippen molar-refractivity contribution in [3.05, 3.63) is 0 Å². The molecule has 68 valence electrons. The van der Waals surface area contributed by atoms with Gasteiger partial charge in [-0.1, -0.05) is 5.59 Å². The van der Waals surface area contributed by atoms with E-state index in [1.165, 1.54) is 0 Å². The zero-order valence-electron chi connectivity index (χ0n) is 6.75. The van der Waals surface area contributed by atoms with Crippen molar-refractivity contribution in [3.63, 3.8) is 0 Å². The van der Waals surface area contributed by atoms with Gasteiger partial charge in [-0.2, -0.15) is 10.1 Å². The van der Waals surface area contributed by atoms with E-state index < -0.39 is 0 Å². The number of ether oxygens (including phenoxy) is 1. The smallest absolute Gasteiger partial charge is 0.158 e. The SMILES string of the molecule is N=C1CONN1N1CCOCC1. The fraction of sp³-hybridized carbons (Fsp3) is 0.833. The molecule has 2 aliphatic heterocycles. The van der Waals surface area contributed by atoms with Gasteiger partial charge in [0.1, 0.15) is 6.61 Å². The van der Waals surface area contributed by atoms with E-state index >= 15 is 0 Å². The molecule has 0 atom stereocenters. The first-order valence-corrected chi connectivity index (χ1v) is 3.95. The highest BCUT2D eigenvalue weighted by molar-refractivity contribution is 5.80. The molecular weight excluding hydrogens is 160 g/mol. The molecule has 0 aromatic heterocycles. The zero-order chi connectivity index (χ0) is 8.39. The van der Waals surface area contributed by atoms with E-state index in [0.717, 1.165) is 13.1 Å². The highest BCUT2D eigenvalue weighted by Gasteiger charge is 2.25. The van der Waals surface area contributed by atoms with Crippen LogP contribution in [0.4, 0.5) is 0 Å². The Kier molecular flexibility index (Phi) is 2.22. The molecule has 0 amide bonds. The summed E-state index contributed by atoms with van der Waals surface area (Å²) in [7, 11) is 0. The topological polar surface area (TPSA) is 60.8 Å². The van der Waals surface area contributed by atoms with Crippen molar-refractivity contribution in [3.8, 4) is 0 Å². The van der Waals surface area contributed by atoms with Crippen molar-refractivity contribution in [1.29, 1.82) is 5.41 Å². The van der Waals surface area contributed by atoms with Gasteiger partial charge in [0.15, 0.2) is 5.84 Å². The van der Waals surface area contributed by atoms with Gasteiger partial charge in [-0.15, -0.1) is 0 Å². The Morgan fingerprint density at radius 3 is 2.67 bits per heavy atom. The minimum atomic E-state index is 0.331. The number of nitrogens with zero attached hydrogens (tertiary/aromatic N) is 2. The molecule has 2 saturated heterocycles. The second-order valence-electron chi connectivity index (χ2n) is 2.70. The molecule has 0 unspecified atom stereocenters. The molecule has 2 heterocycles. The third-order valence-corrected chi connectivity index (χ3v) is 1.89. The van der Waals surface area contributed by atoms with Gasteiger partial charge in [0.25, 0.3) is 0 Å². The predicted octanol–water partition coefficient (Wildman–Crippen LogP) is -1.04. The summed E-state index contributed by atoms with van der Waals surface area (Å²) in [6, 6.07) is 0. The van der Waals surface area contributed by atoms with Crippen molar-refractivity contribution < 1.29 is 9.57 Å². The number of nitrogens with one attached hydrogen (secondary N) is 2. The van der Waals surface area contributed by atoms with E-state index in [1.54, 1.807) is 5.12 Å². The van der Waals surface area contributed by atoms with Crippen LogP contribution >= 0.6 is 0 Å². The highest BCUT2D eigenvalue weighted by Crippen LogP contribution is 2.04. The Morgan fingerprint density at radius 2 is 2.08 bits per heavy atom. The first-order chi connectivity index (χ1) is 5.88. The van der Waals surface area contributed by atoms with Gasteiger partial charge < -0.3 is 4.74 Å². The van der Waals surface area contributed by atoms with E-state index in [1.807, 2.05) is 5.01 Å². The first kappa shape index (κ1) is 7.93. The molecule has 2 N–H and O–H groups in total. The van der Waals surface area contributed by atoms with Crippen LogP contribution in [-0.4, -0.2) is 48.9 Å². The maximum absolute atomic E-state index is 7.50. The molecule has 12 heavy (non-hydrogen) atoms. The Morgan fingerprint density at radius 1 is 1.33 bits per heavy atom. The lowest BCUT2D eigenvalue weighted by molar-refractivity contribution is -0.128. The van der Waals surface area contributed by atoms with Crippen LogP contribution in [0.15, 0.2) is 0 Å². The molecule has 0 aliphatic carbocycles. The lowest BCUT2D eigenvalue weighted by Gasteiger charge is -2.33. The maximum atomic E-state index is 7.50. The third kappa shape index (κ3) is 1.42. The summed E-state index contributed by atoms with van der Waals surface area (Å²) in [4.78, 5) is 4.89. The molecule has 6 nitrogen and oxygen atoms in total. The molecular formula is C6H12N4O2. The summed E-state index contributed by atoms with van der Waals surface area (Å²) in [6.45, 7) is 3.37. The van der Waals surface area contributed by atoms with Crippen molar-refractivity contribution in [2.75, 3.05) is 32.9 Å². The van der Waals surface area contributed by atoms with Crippen LogP contribution in [0, 0.1) is 5.41 Å². The van der Waals surface area contributed by atoms with Crippen molar-refractivity contribution in [2.24, 2.45) is 0 Å². The summed E-state index contributed by atoms with van der Waals surface area (Å²) in [6.07, 6.45) is 0. The highest BCUT2D eigenvalue weighted by atomic mass is 16.7. The van der Waals surface area contributed by atoms with E-state index in [-0.39, 0.29) is 0 Å². The molecule has 6 heteroatoms. The van der Waals surface area contributed by atoms with Gasteiger partial charge in [-0.05, 0) is 0 Å². The van der Waals surface area contributed by atoms with Gasteiger partial charge >= 0.3 is 0 Å². The molecule has 2 fully saturated rings. The maximum Gasteiger partial charge on any atom is 0.158 e. The number of amidine groups is 1. The van der Waals surface area contributed by atoms with Gasteiger partial charge in [0.2, 0.25) is 0 Å². The molecule has 0 bridgehead atoms. The van der Waals surface area contributed by atoms with E-state index in [4.69, 9.17) is 15.0 Å².